The van der Waals surface area contributed by atoms with Gasteiger partial charge in [0.1, 0.15) is 0 Å². The Hall–Kier alpha value is -2.24. The number of alkyl carbamates (subject to hydrolysis) is 1. The topological polar surface area (TPSA) is 73.5 Å². The number of hydrogen-bond donors (Lipinski definition) is 1. The molecule has 1 aromatic heterocycles. The lowest BCUT2D eigenvalue weighted by Crippen LogP contribution is -2.25. The Bertz CT molecular complexity index is 627. The lowest BCUT2D eigenvalue weighted by Gasteiger charge is -2.03. The number of nitrogens with zero attached hydrogens (tertiary/aromatic N) is 1. The minimum atomic E-state index is -0.456. The van der Waals surface area contributed by atoms with Gasteiger partial charge in [0.15, 0.2) is 5.58 Å². The van der Waals surface area contributed by atoms with Gasteiger partial charge in [0.05, 0.1) is 12.6 Å². The van der Waals surface area contributed by atoms with Crippen LogP contribution in [0.25, 0.3) is 11.1 Å². The highest BCUT2D eigenvalue weighted by Gasteiger charge is 2.06. The summed E-state index contributed by atoms with van der Waals surface area (Å²) in [5.41, 5.74) is 2.29. The number of hydrogen-bond acceptors (Lipinski definition) is 4. The molecule has 0 spiro atoms. The van der Waals surface area contributed by atoms with E-state index in [1.165, 1.54) is 11.7 Å². The third-order valence-corrected chi connectivity index (χ3v) is 2.73. The summed E-state index contributed by atoms with van der Waals surface area (Å²) in [5, 5.41) is 2.59. The zero-order valence-electron chi connectivity index (χ0n) is 10.2. The van der Waals surface area contributed by atoms with E-state index in [-0.39, 0.29) is 5.76 Å². The average molecular weight is 250 g/mol. The summed E-state index contributed by atoms with van der Waals surface area (Å²) in [6, 6.07) is 5.53. The molecule has 1 N–H and O–H groups in total. The highest BCUT2D eigenvalue weighted by Crippen LogP contribution is 2.14. The SMILES string of the molecule is COC(=O)NCCc1ccc2c(c1)oc(=O)n2C. The van der Waals surface area contributed by atoms with E-state index in [9.17, 15) is 9.59 Å². The van der Waals surface area contributed by atoms with Gasteiger partial charge in [-0.05, 0) is 24.1 Å². The summed E-state index contributed by atoms with van der Waals surface area (Å²) in [7, 11) is 2.98. The van der Waals surface area contributed by atoms with Crippen LogP contribution in [0, 0.1) is 0 Å². The van der Waals surface area contributed by atoms with Crippen molar-refractivity contribution in [2.75, 3.05) is 13.7 Å². The summed E-state index contributed by atoms with van der Waals surface area (Å²) in [6.45, 7) is 0.468. The van der Waals surface area contributed by atoms with E-state index in [0.29, 0.717) is 18.5 Å². The second-order valence-electron chi connectivity index (χ2n) is 3.90. The van der Waals surface area contributed by atoms with Gasteiger partial charge in [-0.2, -0.15) is 0 Å². The minimum absolute atomic E-state index is 0.380. The van der Waals surface area contributed by atoms with Crippen LogP contribution in [0.4, 0.5) is 4.79 Å². The first-order valence-corrected chi connectivity index (χ1v) is 5.52. The van der Waals surface area contributed by atoms with Crippen molar-refractivity contribution in [2.45, 2.75) is 6.42 Å². The Balaban J connectivity index is 2.11. The summed E-state index contributed by atoms with van der Waals surface area (Å²) >= 11 is 0. The quantitative estimate of drug-likeness (QED) is 0.883. The molecule has 1 amide bonds. The predicted octanol–water partition coefficient (Wildman–Crippen LogP) is 1.03. The molecule has 0 atom stereocenters. The Kier molecular flexibility index (Phi) is 3.36. The molecule has 1 heterocycles. The number of carbonyl (C=O) groups is 1. The Morgan fingerprint density at radius 2 is 2.28 bits per heavy atom. The summed E-state index contributed by atoms with van der Waals surface area (Å²) < 4.78 is 11.0. The molecule has 0 aliphatic heterocycles. The molecule has 0 radical (unpaired) electrons. The van der Waals surface area contributed by atoms with Gasteiger partial charge in [0, 0.05) is 13.6 Å². The van der Waals surface area contributed by atoms with Crippen molar-refractivity contribution in [2.24, 2.45) is 7.05 Å². The van der Waals surface area contributed by atoms with Gasteiger partial charge >= 0.3 is 11.8 Å². The van der Waals surface area contributed by atoms with Gasteiger partial charge in [-0.15, -0.1) is 0 Å². The average Bonchev–Trinajstić information content (AvgIpc) is 2.64. The number of oxazole rings is 1. The van der Waals surface area contributed by atoms with Crippen LogP contribution in [-0.4, -0.2) is 24.3 Å². The molecule has 0 aliphatic rings. The predicted molar refractivity (Wildman–Crippen MR) is 65.6 cm³/mol. The van der Waals surface area contributed by atoms with Crippen LogP contribution >= 0.6 is 0 Å². The number of aryl methyl sites for hydroxylation is 1. The number of carbonyl (C=O) groups excluding carboxylic acids is 1. The number of methoxy groups -OCH3 is 1. The van der Waals surface area contributed by atoms with Gasteiger partial charge in [-0.3, -0.25) is 4.57 Å². The maximum absolute atomic E-state index is 11.3. The van der Waals surface area contributed by atoms with Gasteiger partial charge < -0.3 is 14.5 Å². The first-order valence-electron chi connectivity index (χ1n) is 5.52. The monoisotopic (exact) mass is 250 g/mol. The fourth-order valence-corrected chi connectivity index (χ4v) is 1.71. The second-order valence-corrected chi connectivity index (χ2v) is 3.90. The van der Waals surface area contributed by atoms with Crippen LogP contribution < -0.4 is 11.1 Å². The van der Waals surface area contributed by atoms with E-state index < -0.39 is 6.09 Å². The summed E-state index contributed by atoms with van der Waals surface area (Å²) in [5.74, 6) is -0.380. The summed E-state index contributed by atoms with van der Waals surface area (Å²) in [6.07, 6.45) is 0.186. The molecule has 0 fully saturated rings. The number of fused-ring (bicyclic) bond motifs is 1. The second kappa shape index (κ2) is 4.95. The standard InChI is InChI=1S/C12H14N2O4/c1-14-9-4-3-8(5-6-13-11(15)17-2)7-10(9)18-12(14)16/h3-4,7H,5-6H2,1-2H3,(H,13,15). The van der Waals surface area contributed by atoms with Crippen LogP contribution in [0.1, 0.15) is 5.56 Å². The minimum Gasteiger partial charge on any atom is -0.453 e. The normalized spacial score (nSPS) is 10.6. The first-order chi connectivity index (χ1) is 8.61. The fraction of sp³-hybridized carbons (Fsp3) is 0.333. The molecule has 0 unspecified atom stereocenters. The Morgan fingerprint density at radius 1 is 1.50 bits per heavy atom. The van der Waals surface area contributed by atoms with Gasteiger partial charge in [0.25, 0.3) is 0 Å². The van der Waals surface area contributed by atoms with Gasteiger partial charge in [-0.25, -0.2) is 9.59 Å². The highest BCUT2D eigenvalue weighted by atomic mass is 16.5. The molecule has 0 saturated heterocycles. The zero-order valence-corrected chi connectivity index (χ0v) is 10.2. The molecule has 2 aromatic rings. The molecule has 2 rings (SSSR count). The van der Waals surface area contributed by atoms with Crippen molar-refractivity contribution in [1.29, 1.82) is 0 Å². The molecule has 0 aliphatic carbocycles. The Morgan fingerprint density at radius 3 is 3.00 bits per heavy atom. The number of rotatable bonds is 3. The van der Waals surface area contributed by atoms with Crippen LogP contribution in [0.2, 0.25) is 0 Å². The number of nitrogens with one attached hydrogen (secondary N) is 1. The van der Waals surface area contributed by atoms with Crippen molar-refractivity contribution in [3.05, 3.63) is 34.3 Å². The lowest BCUT2D eigenvalue weighted by molar-refractivity contribution is 0.171. The van der Waals surface area contributed by atoms with Crippen molar-refractivity contribution < 1.29 is 13.9 Å². The van der Waals surface area contributed by atoms with Gasteiger partial charge in [-0.1, -0.05) is 6.07 Å². The lowest BCUT2D eigenvalue weighted by atomic mass is 10.1. The molecule has 0 bridgehead atoms. The third-order valence-electron chi connectivity index (χ3n) is 2.73. The van der Waals surface area contributed by atoms with E-state index >= 15 is 0 Å². The van der Waals surface area contributed by atoms with E-state index in [0.717, 1.165) is 11.1 Å². The molecule has 1 aromatic carbocycles. The van der Waals surface area contributed by atoms with Gasteiger partial charge in [0.2, 0.25) is 0 Å². The number of ether oxygens (including phenoxy) is 1. The maximum atomic E-state index is 11.3. The number of amides is 1. The molecule has 6 heteroatoms. The smallest absolute Gasteiger partial charge is 0.419 e. The van der Waals surface area contributed by atoms with E-state index in [1.54, 1.807) is 13.1 Å². The number of benzene rings is 1. The molecule has 6 nitrogen and oxygen atoms in total. The first kappa shape index (κ1) is 12.2. The van der Waals surface area contributed by atoms with Crippen molar-refractivity contribution in [1.82, 2.24) is 9.88 Å². The van der Waals surface area contributed by atoms with Crippen molar-refractivity contribution in [3.63, 3.8) is 0 Å². The van der Waals surface area contributed by atoms with Crippen molar-refractivity contribution >= 4 is 17.2 Å². The molecule has 0 saturated carbocycles. The molecular formula is C12H14N2O4. The number of aromatic nitrogens is 1. The maximum Gasteiger partial charge on any atom is 0.419 e. The zero-order chi connectivity index (χ0) is 13.1. The van der Waals surface area contributed by atoms with Crippen LogP contribution in [-0.2, 0) is 18.2 Å². The Labute approximate surface area is 103 Å². The summed E-state index contributed by atoms with van der Waals surface area (Å²) in [4.78, 5) is 22.2. The third kappa shape index (κ3) is 2.37. The fourth-order valence-electron chi connectivity index (χ4n) is 1.71. The molecule has 18 heavy (non-hydrogen) atoms. The molecular weight excluding hydrogens is 236 g/mol. The van der Waals surface area contributed by atoms with Crippen molar-refractivity contribution in [3.8, 4) is 0 Å². The van der Waals surface area contributed by atoms with Crippen LogP contribution in [0.3, 0.4) is 0 Å². The largest absolute Gasteiger partial charge is 0.453 e. The highest BCUT2D eigenvalue weighted by molar-refractivity contribution is 5.73. The van der Waals surface area contributed by atoms with Crippen LogP contribution in [0.15, 0.2) is 27.4 Å². The molecule has 96 valence electrons. The van der Waals surface area contributed by atoms with E-state index in [4.69, 9.17) is 4.42 Å². The van der Waals surface area contributed by atoms with Crippen LogP contribution in [0.5, 0.6) is 0 Å². The van der Waals surface area contributed by atoms with E-state index in [1.807, 2.05) is 12.1 Å². The van der Waals surface area contributed by atoms with E-state index in [2.05, 4.69) is 10.1 Å².